The van der Waals surface area contributed by atoms with E-state index in [4.69, 9.17) is 4.74 Å². The molecule has 114 valence electrons. The predicted molar refractivity (Wildman–Crippen MR) is 83.2 cm³/mol. The number of hydrogen-bond donors (Lipinski definition) is 1. The number of nitrogens with one attached hydrogen (secondary N) is 1. The van der Waals surface area contributed by atoms with Gasteiger partial charge in [-0.2, -0.15) is 5.26 Å². The zero-order chi connectivity index (χ0) is 16.0. The van der Waals surface area contributed by atoms with Crippen molar-refractivity contribution in [3.63, 3.8) is 0 Å². The number of benzene rings is 1. The first-order chi connectivity index (χ1) is 9.79. The minimum Gasteiger partial charge on any atom is -0.492 e. The third kappa shape index (κ3) is 4.99. The predicted octanol–water partition coefficient (Wildman–Crippen LogP) is 3.41. The Labute approximate surface area is 132 Å². The Hall–Kier alpha value is -1.65. The zero-order valence-electron chi connectivity index (χ0n) is 12.2. The highest BCUT2D eigenvalue weighted by Crippen LogP contribution is 2.33. The molecule has 0 aromatic heterocycles. The average Bonchev–Trinajstić information content (AvgIpc) is 2.39. The van der Waals surface area contributed by atoms with Crippen LogP contribution in [0.25, 0.3) is 0 Å². The first-order valence-corrected chi connectivity index (χ1v) is 7.33. The van der Waals surface area contributed by atoms with Crippen molar-refractivity contribution in [1.29, 1.82) is 5.26 Å². The van der Waals surface area contributed by atoms with E-state index in [1.807, 2.05) is 13.8 Å². The molecule has 6 nitrogen and oxygen atoms in total. The van der Waals surface area contributed by atoms with E-state index in [2.05, 4.69) is 27.3 Å². The van der Waals surface area contributed by atoms with Gasteiger partial charge in [-0.05, 0) is 42.8 Å². The Morgan fingerprint density at radius 1 is 1.57 bits per heavy atom. The molecule has 0 amide bonds. The Kier molecular flexibility index (Phi) is 6.12. The summed E-state index contributed by atoms with van der Waals surface area (Å²) in [5, 5.41) is 23.3. The van der Waals surface area contributed by atoms with E-state index in [1.165, 1.54) is 6.07 Å². The lowest BCUT2D eigenvalue weighted by Crippen LogP contribution is -2.45. The lowest BCUT2D eigenvalue weighted by Gasteiger charge is -2.25. The first kappa shape index (κ1) is 17.4. The molecule has 1 rings (SSSR count). The van der Waals surface area contributed by atoms with Gasteiger partial charge < -0.3 is 4.74 Å². The molecule has 0 aliphatic carbocycles. The molecule has 0 heterocycles. The van der Waals surface area contributed by atoms with Gasteiger partial charge in [-0.1, -0.05) is 6.07 Å². The molecular formula is C14H18BrN3O3. The van der Waals surface area contributed by atoms with Gasteiger partial charge in [0.1, 0.15) is 15.8 Å². The summed E-state index contributed by atoms with van der Waals surface area (Å²) in [7, 11) is 0. The van der Waals surface area contributed by atoms with E-state index >= 15 is 0 Å². The SMILES string of the molecule is CC(C)NC(C)(C#N)CCOc1cccc([N+](=O)[O-])c1Br. The topological polar surface area (TPSA) is 88.2 Å². The van der Waals surface area contributed by atoms with E-state index < -0.39 is 10.5 Å². The van der Waals surface area contributed by atoms with Crippen molar-refractivity contribution in [3.05, 3.63) is 32.8 Å². The van der Waals surface area contributed by atoms with Crippen LogP contribution in [-0.2, 0) is 0 Å². The van der Waals surface area contributed by atoms with Crippen LogP contribution in [0.3, 0.4) is 0 Å². The molecule has 0 bridgehead atoms. The summed E-state index contributed by atoms with van der Waals surface area (Å²) in [6, 6.07) is 7.02. The summed E-state index contributed by atoms with van der Waals surface area (Å²) in [6.07, 6.45) is 0.469. The second-order valence-electron chi connectivity index (χ2n) is 5.19. The molecule has 1 atom stereocenters. The van der Waals surface area contributed by atoms with E-state index in [1.54, 1.807) is 19.1 Å². The lowest BCUT2D eigenvalue weighted by atomic mass is 9.99. The van der Waals surface area contributed by atoms with Crippen molar-refractivity contribution in [1.82, 2.24) is 5.32 Å². The van der Waals surface area contributed by atoms with Gasteiger partial charge in [-0.25, -0.2) is 0 Å². The minimum absolute atomic E-state index is 0.0455. The van der Waals surface area contributed by atoms with Crippen molar-refractivity contribution in [2.45, 2.75) is 38.8 Å². The molecule has 21 heavy (non-hydrogen) atoms. The molecule has 0 fully saturated rings. The van der Waals surface area contributed by atoms with Crippen LogP contribution >= 0.6 is 15.9 Å². The van der Waals surface area contributed by atoms with Crippen LogP contribution in [0.15, 0.2) is 22.7 Å². The molecule has 7 heteroatoms. The molecule has 0 saturated heterocycles. The number of ether oxygens (including phenoxy) is 1. The maximum Gasteiger partial charge on any atom is 0.287 e. The van der Waals surface area contributed by atoms with E-state index in [0.717, 1.165) is 0 Å². The van der Waals surface area contributed by atoms with Crippen molar-refractivity contribution in [2.24, 2.45) is 0 Å². The van der Waals surface area contributed by atoms with Gasteiger partial charge in [0.2, 0.25) is 0 Å². The summed E-state index contributed by atoms with van der Waals surface area (Å²) in [5.74, 6) is 0.397. The number of nitriles is 1. The van der Waals surface area contributed by atoms with Gasteiger partial charge >= 0.3 is 0 Å². The Morgan fingerprint density at radius 3 is 2.76 bits per heavy atom. The van der Waals surface area contributed by atoms with Crippen molar-refractivity contribution < 1.29 is 9.66 Å². The third-order valence-corrected chi connectivity index (χ3v) is 3.65. The summed E-state index contributed by atoms with van der Waals surface area (Å²) in [4.78, 5) is 10.4. The van der Waals surface area contributed by atoms with Gasteiger partial charge in [0, 0.05) is 18.5 Å². The normalized spacial score (nSPS) is 13.5. The highest BCUT2D eigenvalue weighted by molar-refractivity contribution is 9.10. The Bertz CT molecular complexity index is 557. The second kappa shape index (κ2) is 7.38. The molecule has 1 unspecified atom stereocenters. The van der Waals surface area contributed by atoms with E-state index in [9.17, 15) is 15.4 Å². The number of nitro benzene ring substituents is 1. The van der Waals surface area contributed by atoms with Crippen molar-refractivity contribution in [3.8, 4) is 11.8 Å². The summed E-state index contributed by atoms with van der Waals surface area (Å²) >= 11 is 3.17. The Balaban J connectivity index is 2.70. The van der Waals surface area contributed by atoms with Gasteiger partial charge in [0.15, 0.2) is 0 Å². The van der Waals surface area contributed by atoms with Crippen LogP contribution in [0.2, 0.25) is 0 Å². The van der Waals surface area contributed by atoms with Crippen LogP contribution in [0.5, 0.6) is 5.75 Å². The third-order valence-electron chi connectivity index (χ3n) is 2.85. The average molecular weight is 356 g/mol. The molecule has 1 aromatic rings. The monoisotopic (exact) mass is 355 g/mol. The first-order valence-electron chi connectivity index (χ1n) is 6.54. The maximum atomic E-state index is 10.8. The number of nitrogens with zero attached hydrogens (tertiary/aromatic N) is 2. The molecule has 0 spiro atoms. The molecular weight excluding hydrogens is 338 g/mol. The van der Waals surface area contributed by atoms with Crippen LogP contribution in [0.4, 0.5) is 5.69 Å². The minimum atomic E-state index is -0.693. The van der Waals surface area contributed by atoms with Crippen molar-refractivity contribution in [2.75, 3.05) is 6.61 Å². The van der Waals surface area contributed by atoms with Gasteiger partial charge in [-0.3, -0.25) is 15.4 Å². The fraction of sp³-hybridized carbons (Fsp3) is 0.500. The molecule has 1 aromatic carbocycles. The Morgan fingerprint density at radius 2 is 2.24 bits per heavy atom. The van der Waals surface area contributed by atoms with E-state index in [-0.39, 0.29) is 18.3 Å². The van der Waals surface area contributed by atoms with Crippen LogP contribution < -0.4 is 10.1 Å². The van der Waals surface area contributed by atoms with Crippen LogP contribution in [-0.4, -0.2) is 23.1 Å². The largest absolute Gasteiger partial charge is 0.492 e. The van der Waals surface area contributed by atoms with Gasteiger partial charge in [-0.15, -0.1) is 0 Å². The maximum absolute atomic E-state index is 10.8. The van der Waals surface area contributed by atoms with Crippen LogP contribution in [0.1, 0.15) is 27.2 Å². The zero-order valence-corrected chi connectivity index (χ0v) is 13.8. The highest BCUT2D eigenvalue weighted by Gasteiger charge is 2.24. The van der Waals surface area contributed by atoms with Crippen molar-refractivity contribution >= 4 is 21.6 Å². The van der Waals surface area contributed by atoms with E-state index in [0.29, 0.717) is 16.6 Å². The van der Waals surface area contributed by atoms with Crippen LogP contribution in [0, 0.1) is 21.4 Å². The summed E-state index contributed by atoms with van der Waals surface area (Å²) in [5.41, 5.74) is -0.739. The highest BCUT2D eigenvalue weighted by atomic mass is 79.9. The number of nitro groups is 1. The molecule has 1 N–H and O–H groups in total. The second-order valence-corrected chi connectivity index (χ2v) is 5.98. The summed E-state index contributed by atoms with van der Waals surface area (Å²) in [6.45, 7) is 6.02. The molecule has 0 saturated carbocycles. The standard InChI is InChI=1S/C14H18BrN3O3/c1-10(2)17-14(3,9-16)7-8-21-12-6-4-5-11(13(12)15)18(19)20/h4-6,10,17H,7-8H2,1-3H3. The van der Waals surface area contributed by atoms with Gasteiger partial charge in [0.25, 0.3) is 5.69 Å². The molecule has 0 aliphatic rings. The lowest BCUT2D eigenvalue weighted by molar-refractivity contribution is -0.385. The smallest absolute Gasteiger partial charge is 0.287 e. The number of halogens is 1. The quantitative estimate of drug-likeness (QED) is 0.597. The number of rotatable bonds is 7. The number of hydrogen-bond acceptors (Lipinski definition) is 5. The molecule has 0 aliphatic heterocycles. The fourth-order valence-corrected chi connectivity index (χ4v) is 2.44. The fourth-order valence-electron chi connectivity index (χ4n) is 1.91. The van der Waals surface area contributed by atoms with Gasteiger partial charge in [0.05, 0.1) is 17.6 Å². The summed E-state index contributed by atoms with van der Waals surface area (Å²) < 4.78 is 5.87. The molecule has 0 radical (unpaired) electrons.